The van der Waals surface area contributed by atoms with Crippen LogP contribution in [0.2, 0.25) is 0 Å². The summed E-state index contributed by atoms with van der Waals surface area (Å²) >= 11 is 0. The van der Waals surface area contributed by atoms with Crippen molar-refractivity contribution < 1.29 is 13.9 Å². The fourth-order valence-corrected chi connectivity index (χ4v) is 2.41. The molecule has 5 heteroatoms. The molecule has 1 unspecified atom stereocenters. The molecule has 4 nitrogen and oxygen atoms in total. The van der Waals surface area contributed by atoms with Crippen LogP contribution in [0.5, 0.6) is 5.75 Å². The summed E-state index contributed by atoms with van der Waals surface area (Å²) in [5.74, 6) is 0.901. The third-order valence-corrected chi connectivity index (χ3v) is 3.78. The van der Waals surface area contributed by atoms with Crippen LogP contribution >= 0.6 is 0 Å². The van der Waals surface area contributed by atoms with Crippen molar-refractivity contribution in [2.75, 3.05) is 6.54 Å². The van der Waals surface area contributed by atoms with Crippen LogP contribution in [-0.4, -0.2) is 18.8 Å². The van der Waals surface area contributed by atoms with Crippen LogP contribution in [-0.2, 0) is 6.42 Å². The summed E-state index contributed by atoms with van der Waals surface area (Å²) in [4.78, 5) is 11.9. The van der Waals surface area contributed by atoms with Gasteiger partial charge < -0.3 is 15.4 Å². The molecule has 0 saturated carbocycles. The molecule has 0 aliphatic carbocycles. The van der Waals surface area contributed by atoms with Gasteiger partial charge in [-0.25, -0.2) is 9.18 Å². The summed E-state index contributed by atoms with van der Waals surface area (Å²) in [6.07, 6.45) is 0.107. The molecule has 0 bridgehead atoms. The Hall–Kier alpha value is -2.56. The van der Waals surface area contributed by atoms with Crippen LogP contribution in [0.25, 0.3) is 0 Å². The predicted octanol–water partition coefficient (Wildman–Crippen LogP) is 4.22. The van der Waals surface area contributed by atoms with Crippen molar-refractivity contribution in [3.05, 3.63) is 65.5 Å². The van der Waals surface area contributed by atoms with E-state index in [4.69, 9.17) is 4.74 Å². The number of nitrogens with one attached hydrogen (secondary N) is 2. The zero-order chi connectivity index (χ0) is 18.2. The first-order chi connectivity index (χ1) is 11.9. The largest absolute Gasteiger partial charge is 0.471 e. The predicted molar refractivity (Wildman–Crippen MR) is 97.3 cm³/mol. The third kappa shape index (κ3) is 6.45. The van der Waals surface area contributed by atoms with Crippen LogP contribution in [0.3, 0.4) is 0 Å². The Kier molecular flexibility index (Phi) is 6.81. The van der Waals surface area contributed by atoms with Crippen LogP contribution in [0.4, 0.5) is 9.18 Å². The average Bonchev–Trinajstić information content (AvgIpc) is 2.55. The maximum Gasteiger partial charge on any atom is 0.317 e. The zero-order valence-electron chi connectivity index (χ0n) is 14.9. The Labute approximate surface area is 148 Å². The highest BCUT2D eigenvalue weighted by molar-refractivity contribution is 5.74. The number of rotatable bonds is 7. The van der Waals surface area contributed by atoms with E-state index in [0.29, 0.717) is 24.6 Å². The van der Waals surface area contributed by atoms with Crippen LogP contribution < -0.4 is 15.4 Å². The molecule has 2 aromatic rings. The molecule has 0 fully saturated rings. The molecule has 2 amide bonds. The number of amides is 2. The SMILES string of the molecule is CC(NC(=O)NCCc1cccc(F)c1)Oc1ccc(C(C)C)cc1. The minimum Gasteiger partial charge on any atom is -0.471 e. The number of carbonyl (C=O) groups is 1. The highest BCUT2D eigenvalue weighted by atomic mass is 19.1. The van der Waals surface area contributed by atoms with Crippen LogP contribution in [0, 0.1) is 5.82 Å². The molecule has 0 radical (unpaired) electrons. The van der Waals surface area contributed by atoms with Gasteiger partial charge in [0.25, 0.3) is 0 Å². The van der Waals surface area contributed by atoms with Crippen molar-refractivity contribution in [1.29, 1.82) is 0 Å². The molecule has 0 heterocycles. The zero-order valence-corrected chi connectivity index (χ0v) is 14.9. The first-order valence-electron chi connectivity index (χ1n) is 8.49. The Morgan fingerprint density at radius 3 is 2.48 bits per heavy atom. The molecule has 2 aromatic carbocycles. The maximum absolute atomic E-state index is 13.1. The molecule has 0 aliphatic rings. The summed E-state index contributed by atoms with van der Waals surface area (Å²) in [6, 6.07) is 13.9. The van der Waals surface area contributed by atoms with Crippen molar-refractivity contribution in [2.45, 2.75) is 39.3 Å². The fraction of sp³-hybridized carbons (Fsp3) is 0.350. The number of benzene rings is 2. The van der Waals surface area contributed by atoms with Crippen LogP contribution in [0.1, 0.15) is 37.8 Å². The second kappa shape index (κ2) is 9.06. The molecule has 2 N–H and O–H groups in total. The molecule has 0 aromatic heterocycles. The van der Waals surface area contributed by atoms with E-state index in [1.807, 2.05) is 30.3 Å². The van der Waals surface area contributed by atoms with E-state index in [1.54, 1.807) is 13.0 Å². The Balaban J connectivity index is 1.72. The van der Waals surface area contributed by atoms with Gasteiger partial charge in [-0.2, -0.15) is 0 Å². The molecule has 0 saturated heterocycles. The summed E-state index contributed by atoms with van der Waals surface area (Å²) in [7, 11) is 0. The van der Waals surface area contributed by atoms with Gasteiger partial charge in [-0.15, -0.1) is 0 Å². The molecule has 1 atom stereocenters. The van der Waals surface area contributed by atoms with Gasteiger partial charge in [-0.05, 0) is 54.7 Å². The van der Waals surface area contributed by atoms with Crippen molar-refractivity contribution in [2.24, 2.45) is 0 Å². The second-order valence-electron chi connectivity index (χ2n) is 6.26. The number of urea groups is 1. The quantitative estimate of drug-likeness (QED) is 0.739. The van der Waals surface area contributed by atoms with E-state index >= 15 is 0 Å². The topological polar surface area (TPSA) is 50.4 Å². The van der Waals surface area contributed by atoms with Gasteiger partial charge in [0, 0.05) is 6.54 Å². The van der Waals surface area contributed by atoms with E-state index in [0.717, 1.165) is 5.56 Å². The minimum atomic E-state index is -0.459. The smallest absolute Gasteiger partial charge is 0.317 e. The van der Waals surface area contributed by atoms with Crippen molar-refractivity contribution in [3.8, 4) is 5.75 Å². The van der Waals surface area contributed by atoms with Crippen molar-refractivity contribution in [1.82, 2.24) is 10.6 Å². The van der Waals surface area contributed by atoms with Gasteiger partial charge in [-0.3, -0.25) is 0 Å². The second-order valence-corrected chi connectivity index (χ2v) is 6.26. The van der Waals surface area contributed by atoms with E-state index in [-0.39, 0.29) is 11.8 Å². The number of hydrogen-bond donors (Lipinski definition) is 2. The van der Waals surface area contributed by atoms with Gasteiger partial charge in [0.1, 0.15) is 11.6 Å². The molecule has 2 rings (SSSR count). The molecule has 134 valence electrons. The lowest BCUT2D eigenvalue weighted by Gasteiger charge is -2.17. The van der Waals surface area contributed by atoms with E-state index in [1.165, 1.54) is 17.7 Å². The average molecular weight is 344 g/mol. The molecule has 0 aliphatic heterocycles. The number of ether oxygens (including phenoxy) is 1. The molecule has 25 heavy (non-hydrogen) atoms. The summed E-state index contributed by atoms with van der Waals surface area (Å²) < 4.78 is 18.8. The maximum atomic E-state index is 13.1. The summed E-state index contributed by atoms with van der Waals surface area (Å²) in [5, 5.41) is 5.46. The Bertz CT molecular complexity index is 686. The highest BCUT2D eigenvalue weighted by Gasteiger charge is 2.08. The number of halogens is 1. The number of hydrogen-bond acceptors (Lipinski definition) is 2. The van der Waals surface area contributed by atoms with Crippen LogP contribution in [0.15, 0.2) is 48.5 Å². The summed E-state index contributed by atoms with van der Waals surface area (Å²) in [6.45, 7) is 6.45. The monoisotopic (exact) mass is 344 g/mol. The van der Waals surface area contributed by atoms with E-state index in [9.17, 15) is 9.18 Å². The summed E-state index contributed by atoms with van der Waals surface area (Å²) in [5.41, 5.74) is 2.08. The molecular formula is C20H25FN2O2. The third-order valence-electron chi connectivity index (χ3n) is 3.78. The lowest BCUT2D eigenvalue weighted by atomic mass is 10.0. The van der Waals surface area contributed by atoms with Gasteiger partial charge in [-0.1, -0.05) is 38.1 Å². The van der Waals surface area contributed by atoms with Gasteiger partial charge in [0.2, 0.25) is 0 Å². The van der Waals surface area contributed by atoms with Gasteiger partial charge >= 0.3 is 6.03 Å². The lowest BCUT2D eigenvalue weighted by Crippen LogP contribution is -2.43. The lowest BCUT2D eigenvalue weighted by molar-refractivity contribution is 0.177. The normalized spacial score (nSPS) is 11.9. The van der Waals surface area contributed by atoms with Crippen molar-refractivity contribution in [3.63, 3.8) is 0 Å². The first kappa shape index (κ1) is 18.8. The fourth-order valence-electron chi connectivity index (χ4n) is 2.41. The molecular weight excluding hydrogens is 319 g/mol. The van der Waals surface area contributed by atoms with Gasteiger partial charge in [0.05, 0.1) is 0 Å². The Morgan fingerprint density at radius 2 is 1.84 bits per heavy atom. The number of carbonyl (C=O) groups excluding carboxylic acids is 1. The van der Waals surface area contributed by atoms with E-state index in [2.05, 4.69) is 24.5 Å². The van der Waals surface area contributed by atoms with Gasteiger partial charge in [0.15, 0.2) is 6.23 Å². The standard InChI is InChI=1S/C20H25FN2O2/c1-14(2)17-7-9-19(10-8-17)25-15(3)23-20(24)22-12-11-16-5-4-6-18(21)13-16/h4-10,13-15H,11-12H2,1-3H3,(H2,22,23,24). The van der Waals surface area contributed by atoms with E-state index < -0.39 is 6.23 Å². The van der Waals surface area contributed by atoms with Crippen molar-refractivity contribution >= 4 is 6.03 Å². The Morgan fingerprint density at radius 1 is 1.12 bits per heavy atom. The molecule has 0 spiro atoms. The first-order valence-corrected chi connectivity index (χ1v) is 8.49. The highest BCUT2D eigenvalue weighted by Crippen LogP contribution is 2.19. The minimum absolute atomic E-state index is 0.271.